The second-order valence-corrected chi connectivity index (χ2v) is 7.04. The molecular weight excluding hydrogens is 264 g/mol. The van der Waals surface area contributed by atoms with Crippen molar-refractivity contribution in [2.75, 3.05) is 19.7 Å². The van der Waals surface area contributed by atoms with E-state index in [0.717, 1.165) is 37.3 Å². The van der Waals surface area contributed by atoms with E-state index in [0.29, 0.717) is 12.1 Å². The van der Waals surface area contributed by atoms with Gasteiger partial charge in [0.15, 0.2) is 0 Å². The minimum atomic E-state index is 0.428. The van der Waals surface area contributed by atoms with Crippen LogP contribution in [0.3, 0.4) is 0 Å². The van der Waals surface area contributed by atoms with Crippen LogP contribution in [-0.4, -0.2) is 45.5 Å². The molecule has 1 aliphatic heterocycles. The maximum absolute atomic E-state index is 6.09. The van der Waals surface area contributed by atoms with E-state index in [9.17, 15) is 0 Å². The molecule has 1 aromatic rings. The number of rotatable bonds is 6. The molecule has 1 aromatic heterocycles. The molecule has 0 radical (unpaired) electrons. The fraction of sp³-hybridized carbons (Fsp3) is 0.875. The summed E-state index contributed by atoms with van der Waals surface area (Å²) in [5, 5.41) is 8.70. The number of hydrogen-bond acceptors (Lipinski definition) is 4. The summed E-state index contributed by atoms with van der Waals surface area (Å²) in [6.45, 7) is 6.21. The summed E-state index contributed by atoms with van der Waals surface area (Å²) in [6, 6.07) is 0.668. The van der Waals surface area contributed by atoms with Crippen LogP contribution in [0.4, 0.5) is 0 Å². The van der Waals surface area contributed by atoms with Crippen molar-refractivity contribution in [1.29, 1.82) is 0 Å². The predicted molar refractivity (Wildman–Crippen MR) is 80.0 cm³/mol. The van der Waals surface area contributed by atoms with Crippen LogP contribution >= 0.6 is 0 Å². The first kappa shape index (κ1) is 13.7. The maximum atomic E-state index is 6.09. The first-order valence-electron chi connectivity index (χ1n) is 8.54. The van der Waals surface area contributed by atoms with E-state index >= 15 is 0 Å². The lowest BCUT2D eigenvalue weighted by Crippen LogP contribution is -2.40. The van der Waals surface area contributed by atoms with Gasteiger partial charge in [-0.2, -0.15) is 0 Å². The maximum Gasteiger partial charge on any atom is 0.147 e. The zero-order chi connectivity index (χ0) is 14.2. The van der Waals surface area contributed by atoms with Gasteiger partial charge < -0.3 is 9.30 Å². The third-order valence-corrected chi connectivity index (χ3v) is 4.94. The van der Waals surface area contributed by atoms with Gasteiger partial charge in [0.2, 0.25) is 0 Å². The summed E-state index contributed by atoms with van der Waals surface area (Å²) >= 11 is 0. The minimum absolute atomic E-state index is 0.428. The summed E-state index contributed by atoms with van der Waals surface area (Å²) < 4.78 is 8.44. The number of nitrogens with zero attached hydrogens (tertiary/aromatic N) is 4. The molecule has 1 saturated heterocycles. The summed E-state index contributed by atoms with van der Waals surface area (Å²) in [6.07, 6.45) is 8.22. The lowest BCUT2D eigenvalue weighted by atomic mass is 10.1. The molecule has 4 rings (SSSR count). The van der Waals surface area contributed by atoms with Crippen molar-refractivity contribution >= 4 is 0 Å². The van der Waals surface area contributed by atoms with Crippen LogP contribution in [0.25, 0.3) is 0 Å². The Morgan fingerprint density at radius 2 is 2.00 bits per heavy atom. The highest BCUT2D eigenvalue weighted by atomic mass is 16.5. The molecule has 1 atom stereocenters. The smallest absolute Gasteiger partial charge is 0.147 e. The SMILES string of the molecule is Cc1nnc(CN2CCCC(OCC3CC3)C2)n1C1CC1. The molecule has 2 saturated carbocycles. The molecule has 116 valence electrons. The first-order chi connectivity index (χ1) is 10.3. The first-order valence-corrected chi connectivity index (χ1v) is 8.54. The van der Waals surface area contributed by atoms with Gasteiger partial charge >= 0.3 is 0 Å². The lowest BCUT2D eigenvalue weighted by molar-refractivity contribution is -0.00808. The Balaban J connectivity index is 1.35. The van der Waals surface area contributed by atoms with Gasteiger partial charge in [-0.05, 0) is 57.9 Å². The van der Waals surface area contributed by atoms with E-state index in [1.165, 1.54) is 45.1 Å². The predicted octanol–water partition coefficient (Wildman–Crippen LogP) is 2.31. The van der Waals surface area contributed by atoms with E-state index < -0.39 is 0 Å². The molecule has 21 heavy (non-hydrogen) atoms. The highest BCUT2D eigenvalue weighted by molar-refractivity contribution is 5.01. The zero-order valence-corrected chi connectivity index (χ0v) is 13.0. The topological polar surface area (TPSA) is 43.2 Å². The second kappa shape index (κ2) is 5.69. The number of likely N-dealkylation sites (tertiary alicyclic amines) is 1. The van der Waals surface area contributed by atoms with Crippen molar-refractivity contribution in [2.24, 2.45) is 5.92 Å². The van der Waals surface area contributed by atoms with Crippen molar-refractivity contribution in [1.82, 2.24) is 19.7 Å². The highest BCUT2D eigenvalue weighted by Gasteiger charge is 2.30. The molecule has 0 bridgehead atoms. The molecule has 1 unspecified atom stereocenters. The highest BCUT2D eigenvalue weighted by Crippen LogP contribution is 2.36. The van der Waals surface area contributed by atoms with Gasteiger partial charge in [-0.1, -0.05) is 0 Å². The van der Waals surface area contributed by atoms with Crippen molar-refractivity contribution in [3.63, 3.8) is 0 Å². The molecule has 3 aliphatic rings. The molecule has 3 fully saturated rings. The summed E-state index contributed by atoms with van der Waals surface area (Å²) in [7, 11) is 0. The van der Waals surface area contributed by atoms with Gasteiger partial charge in [0, 0.05) is 19.2 Å². The molecule has 2 aliphatic carbocycles. The molecule has 2 heterocycles. The summed E-state index contributed by atoms with van der Waals surface area (Å²) in [5.41, 5.74) is 0. The van der Waals surface area contributed by atoms with Crippen LogP contribution in [-0.2, 0) is 11.3 Å². The number of ether oxygens (including phenoxy) is 1. The van der Waals surface area contributed by atoms with Crippen molar-refractivity contribution in [3.8, 4) is 0 Å². The Hall–Kier alpha value is -0.940. The van der Waals surface area contributed by atoms with Crippen LogP contribution in [0.15, 0.2) is 0 Å². The molecule has 0 N–H and O–H groups in total. The average Bonchev–Trinajstić information content (AvgIpc) is 3.39. The number of aromatic nitrogens is 3. The van der Waals surface area contributed by atoms with Crippen LogP contribution in [0.2, 0.25) is 0 Å². The van der Waals surface area contributed by atoms with E-state index in [-0.39, 0.29) is 0 Å². The van der Waals surface area contributed by atoms with Gasteiger partial charge in [0.25, 0.3) is 0 Å². The van der Waals surface area contributed by atoms with Crippen LogP contribution < -0.4 is 0 Å². The van der Waals surface area contributed by atoms with E-state index in [1.807, 2.05) is 0 Å². The largest absolute Gasteiger partial charge is 0.377 e. The van der Waals surface area contributed by atoms with Gasteiger partial charge in [0.1, 0.15) is 11.6 Å². The molecule has 0 spiro atoms. The van der Waals surface area contributed by atoms with Crippen LogP contribution in [0.5, 0.6) is 0 Å². The second-order valence-electron chi connectivity index (χ2n) is 7.04. The van der Waals surface area contributed by atoms with Crippen molar-refractivity contribution < 1.29 is 4.74 Å². The molecule has 0 amide bonds. The molecule has 5 nitrogen and oxygen atoms in total. The number of piperidine rings is 1. The summed E-state index contributed by atoms with van der Waals surface area (Å²) in [4.78, 5) is 2.50. The monoisotopic (exact) mass is 290 g/mol. The van der Waals surface area contributed by atoms with Gasteiger partial charge in [-0.25, -0.2) is 0 Å². The normalized spacial score (nSPS) is 27.2. The Morgan fingerprint density at radius 3 is 2.76 bits per heavy atom. The Morgan fingerprint density at radius 1 is 1.14 bits per heavy atom. The number of hydrogen-bond donors (Lipinski definition) is 0. The quantitative estimate of drug-likeness (QED) is 0.806. The van der Waals surface area contributed by atoms with E-state index in [4.69, 9.17) is 4.74 Å². The molecule has 5 heteroatoms. The van der Waals surface area contributed by atoms with Gasteiger partial charge in [-0.15, -0.1) is 10.2 Å². The Labute approximate surface area is 126 Å². The molecule has 0 aromatic carbocycles. The van der Waals surface area contributed by atoms with Crippen LogP contribution in [0, 0.1) is 12.8 Å². The van der Waals surface area contributed by atoms with Gasteiger partial charge in [0.05, 0.1) is 12.6 Å². The minimum Gasteiger partial charge on any atom is -0.377 e. The van der Waals surface area contributed by atoms with Crippen LogP contribution in [0.1, 0.15) is 56.2 Å². The Kier molecular flexibility index (Phi) is 3.71. The third-order valence-electron chi connectivity index (χ3n) is 4.94. The summed E-state index contributed by atoms with van der Waals surface area (Å²) in [5.74, 6) is 3.09. The number of aryl methyl sites for hydroxylation is 1. The zero-order valence-electron chi connectivity index (χ0n) is 13.0. The fourth-order valence-corrected chi connectivity index (χ4v) is 3.38. The Bertz CT molecular complexity index is 492. The lowest BCUT2D eigenvalue weighted by Gasteiger charge is -2.32. The van der Waals surface area contributed by atoms with E-state index in [2.05, 4.69) is 26.6 Å². The average molecular weight is 290 g/mol. The fourth-order valence-electron chi connectivity index (χ4n) is 3.38. The molecular formula is C16H26N4O. The van der Waals surface area contributed by atoms with Crippen molar-refractivity contribution in [2.45, 2.75) is 64.1 Å². The van der Waals surface area contributed by atoms with E-state index in [1.54, 1.807) is 0 Å². The third kappa shape index (κ3) is 3.29. The van der Waals surface area contributed by atoms with Crippen molar-refractivity contribution in [3.05, 3.63) is 11.6 Å². The van der Waals surface area contributed by atoms with Gasteiger partial charge in [-0.3, -0.25) is 4.90 Å². The standard InChI is InChI=1S/C16H26N4O/c1-12-17-18-16(20(12)14-6-7-14)10-19-8-2-3-15(9-19)21-11-13-4-5-13/h13-15H,2-11H2,1H3.